The minimum absolute atomic E-state index is 0.0686. The van der Waals surface area contributed by atoms with Gasteiger partial charge >= 0.3 is 0 Å². The zero-order chi connectivity index (χ0) is 12.1. The van der Waals surface area contributed by atoms with Gasteiger partial charge in [0.15, 0.2) is 0 Å². The third-order valence-electron chi connectivity index (χ3n) is 2.38. The Bertz CT molecular complexity index is 339. The number of hydrogen-bond acceptors (Lipinski definition) is 4. The predicted octanol–water partition coefficient (Wildman–Crippen LogP) is 0.721. The van der Waals surface area contributed by atoms with Crippen LogP contribution in [0.3, 0.4) is 0 Å². The van der Waals surface area contributed by atoms with Crippen molar-refractivity contribution in [1.29, 1.82) is 0 Å². The monoisotopic (exact) mass is 226 g/mol. The number of nitrogens with zero attached hydrogens (tertiary/aromatic N) is 1. The van der Waals surface area contributed by atoms with E-state index in [9.17, 15) is 4.79 Å². The molecule has 0 aliphatic carbocycles. The Morgan fingerprint density at radius 1 is 1.56 bits per heavy atom. The average Bonchev–Trinajstić information content (AvgIpc) is 2.53. The van der Waals surface area contributed by atoms with Crippen LogP contribution in [0.4, 0.5) is 0 Å². The van der Waals surface area contributed by atoms with Crippen molar-refractivity contribution >= 4 is 5.91 Å². The van der Waals surface area contributed by atoms with Gasteiger partial charge in [0.25, 0.3) is 0 Å². The number of hydrogen-bond donors (Lipinski definition) is 2. The Hall–Kier alpha value is -1.36. The van der Waals surface area contributed by atoms with E-state index in [1.54, 1.807) is 6.92 Å². The lowest BCUT2D eigenvalue weighted by molar-refractivity contribution is -0.121. The Balaban J connectivity index is 2.37. The molecule has 1 rings (SSSR count). The molecule has 1 heterocycles. The van der Waals surface area contributed by atoms with Crippen molar-refractivity contribution in [3.63, 3.8) is 0 Å². The van der Waals surface area contributed by atoms with Crippen molar-refractivity contribution in [2.45, 2.75) is 39.7 Å². The number of rotatable bonds is 5. The number of amides is 1. The first-order valence-electron chi connectivity index (χ1n) is 5.37. The normalized spacial score (nSPS) is 12.5. The van der Waals surface area contributed by atoms with Gasteiger partial charge in [0.05, 0.1) is 11.8 Å². The summed E-state index contributed by atoms with van der Waals surface area (Å²) in [5.41, 5.74) is 1.83. The van der Waals surface area contributed by atoms with Crippen molar-refractivity contribution in [1.82, 2.24) is 10.5 Å². The lowest BCUT2D eigenvalue weighted by Crippen LogP contribution is -2.30. The molecule has 0 bridgehead atoms. The van der Waals surface area contributed by atoms with Crippen LogP contribution in [0.2, 0.25) is 0 Å². The molecule has 1 atom stereocenters. The van der Waals surface area contributed by atoms with Gasteiger partial charge in [-0.1, -0.05) is 5.16 Å². The molecule has 0 spiro atoms. The number of aliphatic hydroxyl groups is 1. The highest BCUT2D eigenvalue weighted by molar-refractivity contribution is 5.76. The van der Waals surface area contributed by atoms with Crippen molar-refractivity contribution < 1.29 is 14.4 Å². The Morgan fingerprint density at radius 2 is 2.25 bits per heavy atom. The van der Waals surface area contributed by atoms with Gasteiger partial charge < -0.3 is 14.9 Å². The van der Waals surface area contributed by atoms with Gasteiger partial charge in [0, 0.05) is 18.5 Å². The van der Waals surface area contributed by atoms with E-state index in [4.69, 9.17) is 9.63 Å². The van der Waals surface area contributed by atoms with Crippen LogP contribution in [0.5, 0.6) is 0 Å². The van der Waals surface area contributed by atoms with Gasteiger partial charge in [0.2, 0.25) is 5.91 Å². The molecule has 5 heteroatoms. The standard InChI is InChI=1S/C11H18N2O3/c1-7(14)6-12-11(15)5-4-10-8(2)13-16-9(10)3/h7,14H,4-6H2,1-3H3,(H,12,15). The third kappa shape index (κ3) is 3.66. The van der Waals surface area contributed by atoms with Gasteiger partial charge in [-0.05, 0) is 27.2 Å². The second kappa shape index (κ2) is 5.65. The van der Waals surface area contributed by atoms with Gasteiger partial charge in [-0.3, -0.25) is 4.79 Å². The minimum Gasteiger partial charge on any atom is -0.392 e. The lowest BCUT2D eigenvalue weighted by Gasteiger charge is -2.06. The van der Waals surface area contributed by atoms with E-state index in [-0.39, 0.29) is 5.91 Å². The van der Waals surface area contributed by atoms with Crippen LogP contribution in [0, 0.1) is 13.8 Å². The molecule has 0 aromatic carbocycles. The molecule has 0 fully saturated rings. The van der Waals surface area contributed by atoms with Gasteiger partial charge in [0.1, 0.15) is 5.76 Å². The lowest BCUT2D eigenvalue weighted by atomic mass is 10.1. The van der Waals surface area contributed by atoms with E-state index in [1.807, 2.05) is 13.8 Å². The Kier molecular flexibility index (Phi) is 4.49. The first-order valence-corrected chi connectivity index (χ1v) is 5.37. The van der Waals surface area contributed by atoms with E-state index in [1.165, 1.54) is 0 Å². The SMILES string of the molecule is Cc1noc(C)c1CCC(=O)NCC(C)O. The van der Waals surface area contributed by atoms with Gasteiger partial charge in [-0.25, -0.2) is 0 Å². The topological polar surface area (TPSA) is 75.4 Å². The molecule has 0 radical (unpaired) electrons. The molecule has 1 aromatic heterocycles. The maximum atomic E-state index is 11.4. The summed E-state index contributed by atoms with van der Waals surface area (Å²) in [6.07, 6.45) is 0.491. The van der Waals surface area contributed by atoms with E-state index >= 15 is 0 Å². The van der Waals surface area contributed by atoms with E-state index in [2.05, 4.69) is 10.5 Å². The summed E-state index contributed by atoms with van der Waals surface area (Å²) in [5.74, 6) is 0.696. The van der Waals surface area contributed by atoms with Crippen molar-refractivity contribution in [3.8, 4) is 0 Å². The van der Waals surface area contributed by atoms with Crippen LogP contribution < -0.4 is 5.32 Å². The zero-order valence-electron chi connectivity index (χ0n) is 9.91. The Morgan fingerprint density at radius 3 is 2.75 bits per heavy atom. The smallest absolute Gasteiger partial charge is 0.220 e. The molecule has 1 unspecified atom stereocenters. The summed E-state index contributed by atoms with van der Waals surface area (Å²) >= 11 is 0. The van der Waals surface area contributed by atoms with Gasteiger partial charge in [-0.15, -0.1) is 0 Å². The van der Waals surface area contributed by atoms with Crippen molar-refractivity contribution in [2.24, 2.45) is 0 Å². The van der Waals surface area contributed by atoms with Crippen LogP contribution in [0.15, 0.2) is 4.52 Å². The molecule has 0 aliphatic rings. The first-order chi connectivity index (χ1) is 7.50. The molecular formula is C11H18N2O3. The number of carbonyl (C=O) groups is 1. The second-order valence-corrected chi connectivity index (χ2v) is 3.96. The summed E-state index contributed by atoms with van der Waals surface area (Å²) in [7, 11) is 0. The molecule has 1 aromatic rings. The molecule has 1 amide bonds. The fourth-order valence-electron chi connectivity index (χ4n) is 1.45. The molecule has 90 valence electrons. The number of nitrogens with one attached hydrogen (secondary N) is 1. The number of carbonyl (C=O) groups excluding carboxylic acids is 1. The van der Waals surface area contributed by atoms with E-state index in [0.717, 1.165) is 17.0 Å². The fraction of sp³-hybridized carbons (Fsp3) is 0.636. The number of aromatic nitrogens is 1. The largest absolute Gasteiger partial charge is 0.392 e. The molecular weight excluding hydrogens is 208 g/mol. The first kappa shape index (κ1) is 12.7. The van der Waals surface area contributed by atoms with Crippen LogP contribution in [-0.2, 0) is 11.2 Å². The maximum Gasteiger partial charge on any atom is 0.220 e. The summed E-state index contributed by atoms with van der Waals surface area (Å²) in [5, 5.41) is 15.5. The highest BCUT2D eigenvalue weighted by Crippen LogP contribution is 2.13. The molecule has 0 saturated carbocycles. The van der Waals surface area contributed by atoms with Crippen LogP contribution in [-0.4, -0.2) is 28.8 Å². The average molecular weight is 226 g/mol. The molecule has 2 N–H and O–H groups in total. The van der Waals surface area contributed by atoms with Crippen molar-refractivity contribution in [2.75, 3.05) is 6.54 Å². The molecule has 16 heavy (non-hydrogen) atoms. The highest BCUT2D eigenvalue weighted by atomic mass is 16.5. The Labute approximate surface area is 94.8 Å². The zero-order valence-corrected chi connectivity index (χ0v) is 9.91. The van der Waals surface area contributed by atoms with Crippen LogP contribution >= 0.6 is 0 Å². The van der Waals surface area contributed by atoms with Crippen LogP contribution in [0.1, 0.15) is 30.4 Å². The molecule has 5 nitrogen and oxygen atoms in total. The minimum atomic E-state index is -0.511. The summed E-state index contributed by atoms with van der Waals surface area (Å²) in [6.45, 7) is 5.62. The van der Waals surface area contributed by atoms with E-state index in [0.29, 0.717) is 19.4 Å². The summed E-state index contributed by atoms with van der Waals surface area (Å²) in [6, 6.07) is 0. The van der Waals surface area contributed by atoms with Gasteiger partial charge in [-0.2, -0.15) is 0 Å². The predicted molar refractivity (Wildman–Crippen MR) is 59.0 cm³/mol. The van der Waals surface area contributed by atoms with Crippen LogP contribution in [0.25, 0.3) is 0 Å². The molecule has 0 saturated heterocycles. The fourth-order valence-corrected chi connectivity index (χ4v) is 1.45. The number of aryl methyl sites for hydroxylation is 2. The molecule has 0 aliphatic heterocycles. The van der Waals surface area contributed by atoms with Crippen molar-refractivity contribution in [3.05, 3.63) is 17.0 Å². The second-order valence-electron chi connectivity index (χ2n) is 3.96. The maximum absolute atomic E-state index is 11.4. The highest BCUT2D eigenvalue weighted by Gasteiger charge is 2.11. The number of aliphatic hydroxyl groups excluding tert-OH is 1. The summed E-state index contributed by atoms with van der Waals surface area (Å²) < 4.78 is 5.00. The van der Waals surface area contributed by atoms with E-state index < -0.39 is 6.10 Å². The summed E-state index contributed by atoms with van der Waals surface area (Å²) in [4.78, 5) is 11.4. The third-order valence-corrected chi connectivity index (χ3v) is 2.38. The quantitative estimate of drug-likeness (QED) is 0.775.